The summed E-state index contributed by atoms with van der Waals surface area (Å²) in [5, 5.41) is 56.9. The molecule has 1 rings (SSSR count). The Morgan fingerprint density at radius 2 is 1.00 bits per heavy atom. The van der Waals surface area contributed by atoms with Gasteiger partial charge in [-0.25, -0.2) is 0 Å². The molecule has 1 amide bonds. The first-order chi connectivity index (χ1) is 35.2. The third kappa shape index (κ3) is 37.1. The Labute approximate surface area is 439 Å². The molecule has 0 aliphatic carbocycles. The van der Waals surface area contributed by atoms with Crippen molar-refractivity contribution in [2.24, 2.45) is 0 Å². The second-order valence-electron chi connectivity index (χ2n) is 20.4. The lowest BCUT2D eigenvalue weighted by molar-refractivity contribution is -0.305. The lowest BCUT2D eigenvalue weighted by Crippen LogP contribution is -2.61. The van der Waals surface area contributed by atoms with Crippen molar-refractivity contribution in [2.45, 2.75) is 301 Å². The second kappa shape index (κ2) is 49.2. The van der Waals surface area contributed by atoms with Crippen LogP contribution < -0.4 is 5.32 Å². The Morgan fingerprint density at radius 1 is 0.556 bits per heavy atom. The van der Waals surface area contributed by atoms with E-state index in [1.165, 1.54) is 128 Å². The van der Waals surface area contributed by atoms with Gasteiger partial charge in [0.05, 0.1) is 25.4 Å². The van der Waals surface area contributed by atoms with Crippen molar-refractivity contribution in [1.29, 1.82) is 0 Å². The average molecular weight is 1020 g/mol. The summed E-state index contributed by atoms with van der Waals surface area (Å²) in [6.07, 6.45) is 49.7. The second-order valence-corrected chi connectivity index (χ2v) is 20.4. The van der Waals surface area contributed by atoms with Gasteiger partial charge in [0, 0.05) is 6.42 Å². The molecule has 0 aromatic carbocycles. The number of nitrogens with one attached hydrogen (secondary N) is 1. The maximum Gasteiger partial charge on any atom is 0.306 e. The van der Waals surface area contributed by atoms with Crippen LogP contribution in [0.25, 0.3) is 0 Å². The predicted octanol–water partition coefficient (Wildman–Crippen LogP) is 13.4. The Balaban J connectivity index is 2.72. The van der Waals surface area contributed by atoms with Gasteiger partial charge in [-0.05, 0) is 44.9 Å². The molecule has 0 bridgehead atoms. The molecule has 0 saturated carbocycles. The molecule has 0 aromatic rings. The largest absolute Gasteiger partial charge is 0.454 e. The molecular weight excluding hydrogens is 907 g/mol. The number of hydrogen-bond donors (Lipinski definition) is 6. The molecule has 0 aromatic heterocycles. The van der Waals surface area contributed by atoms with Crippen LogP contribution in [0.1, 0.15) is 252 Å². The van der Waals surface area contributed by atoms with Crippen molar-refractivity contribution in [3.05, 3.63) is 60.8 Å². The average Bonchev–Trinajstić information content (AvgIpc) is 3.38. The molecule has 8 unspecified atom stereocenters. The molecule has 1 fully saturated rings. The number of unbranched alkanes of at least 4 members (excludes halogenated alkanes) is 30. The van der Waals surface area contributed by atoms with E-state index >= 15 is 0 Å². The van der Waals surface area contributed by atoms with Gasteiger partial charge in [0.15, 0.2) is 12.4 Å². The minimum Gasteiger partial charge on any atom is -0.454 e. The molecule has 11 nitrogen and oxygen atoms in total. The van der Waals surface area contributed by atoms with Crippen LogP contribution in [0.2, 0.25) is 0 Å². The normalized spacial score (nSPS) is 19.9. The van der Waals surface area contributed by atoms with Crippen LogP contribution in [0.5, 0.6) is 0 Å². The van der Waals surface area contributed by atoms with Crippen LogP contribution in [0, 0.1) is 0 Å². The number of aliphatic hydroxyl groups is 5. The van der Waals surface area contributed by atoms with Crippen molar-refractivity contribution in [3.63, 3.8) is 0 Å². The number of aliphatic hydroxyl groups excluding tert-OH is 5. The molecular formula is C61H109NO10. The maximum atomic E-state index is 13.4. The first kappa shape index (κ1) is 67.4. The van der Waals surface area contributed by atoms with Crippen molar-refractivity contribution in [1.82, 2.24) is 5.32 Å². The fourth-order valence-electron chi connectivity index (χ4n) is 9.07. The van der Waals surface area contributed by atoms with E-state index in [1.54, 1.807) is 6.08 Å². The van der Waals surface area contributed by atoms with Crippen molar-refractivity contribution >= 4 is 11.9 Å². The van der Waals surface area contributed by atoms with Gasteiger partial charge in [-0.1, -0.05) is 261 Å². The molecule has 8 atom stereocenters. The quantitative estimate of drug-likeness (QED) is 0.0149. The molecule has 1 heterocycles. The molecule has 0 spiro atoms. The van der Waals surface area contributed by atoms with Crippen LogP contribution in [-0.2, 0) is 23.8 Å². The summed E-state index contributed by atoms with van der Waals surface area (Å²) in [7, 11) is 0. The van der Waals surface area contributed by atoms with Gasteiger partial charge in [0.25, 0.3) is 0 Å². The van der Waals surface area contributed by atoms with Crippen LogP contribution in [-0.4, -0.2) is 99.6 Å². The number of ether oxygens (including phenoxy) is 3. The SMILES string of the molecule is CC/C=C/C=C/C=C/C=C\CCCCCCCC(=O)OC1C(OCC(NC(=O)C(O)CCCCCCCCCCCCCCCCCC)C(O)/C=C/CCCCCCCCCCCC)OC(CO)C(O)C1O. The smallest absolute Gasteiger partial charge is 0.306 e. The standard InChI is InChI=1S/C61H109NO10/c1-4-7-10-13-16-19-22-25-27-29-30-33-36-39-42-45-48-54(65)60(69)62-52(53(64)47-44-41-38-35-32-24-21-18-15-12-9-6-3)51-70-61-59(58(68)57(67)55(50-63)71-61)72-56(66)49-46-43-40-37-34-31-28-26-23-20-17-14-11-8-5-2/h8,11,14,17,20,23,26,28,44,47,52-55,57-59,61,63-65,67-68H,4-7,9-10,12-13,15-16,18-19,21-22,24-25,27,29-43,45-46,48-51H2,1-3H3,(H,62,69)/b11-8+,17-14+,23-20+,28-26-,47-44+. The van der Waals surface area contributed by atoms with Gasteiger partial charge in [0.1, 0.15) is 24.4 Å². The summed E-state index contributed by atoms with van der Waals surface area (Å²) >= 11 is 0. The number of carbonyl (C=O) groups excluding carboxylic acids is 2. The van der Waals surface area contributed by atoms with Crippen LogP contribution in [0.4, 0.5) is 0 Å². The first-order valence-corrected chi connectivity index (χ1v) is 29.6. The number of allylic oxidation sites excluding steroid dienone is 9. The Kier molecular flexibility index (Phi) is 46.1. The topological polar surface area (TPSA) is 175 Å². The third-order valence-electron chi connectivity index (χ3n) is 13.8. The van der Waals surface area contributed by atoms with Crippen molar-refractivity contribution in [2.75, 3.05) is 13.2 Å². The Bertz CT molecular complexity index is 1400. The summed E-state index contributed by atoms with van der Waals surface area (Å²) in [6, 6.07) is -1.03. The summed E-state index contributed by atoms with van der Waals surface area (Å²) in [6.45, 7) is 5.64. The lowest BCUT2D eigenvalue weighted by atomic mass is 9.99. The highest BCUT2D eigenvalue weighted by Gasteiger charge is 2.47. The van der Waals surface area contributed by atoms with Gasteiger partial charge in [-0.3, -0.25) is 9.59 Å². The highest BCUT2D eigenvalue weighted by atomic mass is 16.7. The zero-order valence-electron chi connectivity index (χ0n) is 46.0. The first-order valence-electron chi connectivity index (χ1n) is 29.6. The van der Waals surface area contributed by atoms with E-state index in [1.807, 2.05) is 42.5 Å². The van der Waals surface area contributed by atoms with Gasteiger partial charge in [-0.2, -0.15) is 0 Å². The van der Waals surface area contributed by atoms with E-state index in [0.29, 0.717) is 19.3 Å². The number of esters is 1. The number of carbonyl (C=O) groups is 2. The summed E-state index contributed by atoms with van der Waals surface area (Å²) in [4.78, 5) is 26.5. The van der Waals surface area contributed by atoms with Crippen LogP contribution in [0.3, 0.4) is 0 Å². The fourth-order valence-corrected chi connectivity index (χ4v) is 9.07. The van der Waals surface area contributed by atoms with E-state index < -0.39 is 67.4 Å². The van der Waals surface area contributed by atoms with E-state index in [-0.39, 0.29) is 13.0 Å². The third-order valence-corrected chi connectivity index (χ3v) is 13.8. The van der Waals surface area contributed by atoms with E-state index in [9.17, 15) is 35.1 Å². The lowest BCUT2D eigenvalue weighted by Gasteiger charge is -2.41. The van der Waals surface area contributed by atoms with Gasteiger partial charge >= 0.3 is 5.97 Å². The van der Waals surface area contributed by atoms with Crippen LogP contribution >= 0.6 is 0 Å². The summed E-state index contributed by atoms with van der Waals surface area (Å²) < 4.78 is 17.6. The molecule has 1 aliphatic rings. The molecule has 1 aliphatic heterocycles. The van der Waals surface area contributed by atoms with Gasteiger partial charge in [-0.15, -0.1) is 0 Å². The van der Waals surface area contributed by atoms with Gasteiger partial charge < -0.3 is 45.1 Å². The molecule has 6 N–H and O–H groups in total. The number of rotatable bonds is 49. The van der Waals surface area contributed by atoms with E-state index in [2.05, 4.69) is 38.2 Å². The Hall–Kier alpha value is -2.64. The molecule has 11 heteroatoms. The molecule has 72 heavy (non-hydrogen) atoms. The highest BCUT2D eigenvalue weighted by Crippen LogP contribution is 2.26. The fraction of sp³-hybridized carbons (Fsp3) is 0.803. The Morgan fingerprint density at radius 3 is 1.50 bits per heavy atom. The van der Waals surface area contributed by atoms with Crippen LogP contribution in [0.15, 0.2) is 60.8 Å². The zero-order chi connectivity index (χ0) is 52.5. The molecule has 418 valence electrons. The van der Waals surface area contributed by atoms with E-state index in [4.69, 9.17) is 14.2 Å². The number of amides is 1. The minimum absolute atomic E-state index is 0.0969. The van der Waals surface area contributed by atoms with Crippen molar-refractivity contribution < 1.29 is 49.3 Å². The maximum absolute atomic E-state index is 13.4. The predicted molar refractivity (Wildman–Crippen MR) is 296 cm³/mol. The summed E-state index contributed by atoms with van der Waals surface area (Å²) in [5.41, 5.74) is 0. The monoisotopic (exact) mass is 1020 g/mol. The van der Waals surface area contributed by atoms with Crippen molar-refractivity contribution in [3.8, 4) is 0 Å². The van der Waals surface area contributed by atoms with Gasteiger partial charge in [0.2, 0.25) is 5.91 Å². The zero-order valence-corrected chi connectivity index (χ0v) is 46.0. The summed E-state index contributed by atoms with van der Waals surface area (Å²) in [5.74, 6) is -1.22. The molecule has 0 radical (unpaired) electrons. The minimum atomic E-state index is -1.62. The van der Waals surface area contributed by atoms with E-state index in [0.717, 1.165) is 77.0 Å². The number of hydrogen-bond acceptors (Lipinski definition) is 10. The molecule has 1 saturated heterocycles. The highest BCUT2D eigenvalue weighted by molar-refractivity contribution is 5.80.